The normalized spacial score (nSPS) is 29.8. The van der Waals surface area contributed by atoms with Crippen molar-refractivity contribution in [3.8, 4) is 0 Å². The molecule has 2 aliphatic rings. The number of esters is 1. The number of cyclic esters (lactones) is 1. The van der Waals surface area contributed by atoms with Crippen molar-refractivity contribution in [2.24, 2.45) is 22.7 Å². The van der Waals surface area contributed by atoms with E-state index in [0.717, 1.165) is 42.5 Å². The molecule has 1 saturated carbocycles. The van der Waals surface area contributed by atoms with E-state index in [9.17, 15) is 19.8 Å². The number of rotatable bonds is 3. The second-order valence-corrected chi connectivity index (χ2v) is 15.2. The zero-order chi connectivity index (χ0) is 27.4. The minimum absolute atomic E-state index is 0.0143. The van der Waals surface area contributed by atoms with Crippen molar-refractivity contribution in [1.29, 1.82) is 0 Å². The Hall–Kier alpha value is -1.24. The molecule has 1 aliphatic heterocycles. The molecule has 0 radical (unpaired) electrons. The van der Waals surface area contributed by atoms with Gasteiger partial charge in [0.1, 0.15) is 0 Å². The molecule has 6 nitrogen and oxygen atoms in total. The number of aliphatic hydroxyl groups is 2. The van der Waals surface area contributed by atoms with Crippen LogP contribution in [-0.2, 0) is 46.6 Å². The Balaban J connectivity index is 1.85. The average molecular weight is 698 g/mol. The summed E-state index contributed by atoms with van der Waals surface area (Å²) in [5, 5.41) is 20.3. The first kappa shape index (κ1) is 30.3. The predicted octanol–water partition coefficient (Wildman–Crippen LogP) is 4.97. The molecule has 0 aromatic carbocycles. The van der Waals surface area contributed by atoms with Gasteiger partial charge >= 0.3 is 198 Å². The summed E-state index contributed by atoms with van der Waals surface area (Å²) < 4.78 is 7.33. The van der Waals surface area contributed by atoms with Gasteiger partial charge in [-0.05, 0) is 11.6 Å². The number of pyridine rings is 1. The third-order valence-corrected chi connectivity index (χ3v) is 13.9. The number of nitrogens with zero attached hydrogens (tertiary/aromatic N) is 1. The molecule has 200 valence electrons. The first-order chi connectivity index (χ1) is 17.4. The van der Waals surface area contributed by atoms with E-state index in [-0.39, 0.29) is 24.7 Å². The number of aromatic nitrogens is 1. The molecular formula is C30H43HgNO5. The summed E-state index contributed by atoms with van der Waals surface area (Å²) in [5.74, 6) is -0.233. The zero-order valence-electron chi connectivity index (χ0n) is 23.3. The number of ketones is 1. The summed E-state index contributed by atoms with van der Waals surface area (Å²) >= 11 is 0.365. The topological polar surface area (TPSA) is 96.7 Å². The third kappa shape index (κ3) is 7.89. The molecule has 0 amide bonds. The SMILES string of the molecule is C/C(=C\c1ccc(CO)cn1)[C@@H]1CCC2(CCC[C@H](C)[C](=[Hg])[C@@H](C)C(=O)C(C)(C)[C@@H](O)CC(=O)O1)CC2. The molecule has 2 N–H and O–H groups in total. The van der Waals surface area contributed by atoms with Crippen LogP contribution in [0.4, 0.5) is 0 Å². The van der Waals surface area contributed by atoms with E-state index in [1.54, 1.807) is 20.0 Å². The van der Waals surface area contributed by atoms with Gasteiger partial charge in [-0.2, -0.15) is 0 Å². The summed E-state index contributed by atoms with van der Waals surface area (Å²) in [7, 11) is 0. The molecule has 37 heavy (non-hydrogen) atoms. The molecule has 1 aromatic rings. The van der Waals surface area contributed by atoms with Gasteiger partial charge in [0.15, 0.2) is 0 Å². The fourth-order valence-electron chi connectivity index (χ4n) is 5.47. The molecule has 0 unspecified atom stereocenters. The molecular weight excluding hydrogens is 655 g/mol. The van der Waals surface area contributed by atoms with Crippen LogP contribution in [0, 0.1) is 22.7 Å². The monoisotopic (exact) mass is 699 g/mol. The molecule has 1 spiro atoms. The number of carbonyl (C=O) groups is 2. The number of ether oxygens (including phenoxy) is 1. The van der Waals surface area contributed by atoms with E-state index < -0.39 is 23.6 Å². The third-order valence-electron chi connectivity index (χ3n) is 8.84. The second kappa shape index (κ2) is 12.7. The van der Waals surface area contributed by atoms with Crippen LogP contribution in [-0.4, -0.2) is 42.2 Å². The van der Waals surface area contributed by atoms with Crippen LogP contribution < -0.4 is 0 Å². The van der Waals surface area contributed by atoms with Crippen LogP contribution in [0.15, 0.2) is 23.9 Å². The number of hydrogen-bond acceptors (Lipinski definition) is 6. The molecule has 2 heterocycles. The van der Waals surface area contributed by atoms with Crippen LogP contribution >= 0.6 is 0 Å². The summed E-state index contributed by atoms with van der Waals surface area (Å²) in [6.07, 6.45) is 9.45. The summed E-state index contributed by atoms with van der Waals surface area (Å²) in [5.41, 5.74) is 1.69. The van der Waals surface area contributed by atoms with Crippen LogP contribution in [0.5, 0.6) is 0 Å². The van der Waals surface area contributed by atoms with Gasteiger partial charge in [0.25, 0.3) is 0 Å². The maximum absolute atomic E-state index is 13.4. The average Bonchev–Trinajstić information content (AvgIpc) is 3.64. The predicted molar refractivity (Wildman–Crippen MR) is 141 cm³/mol. The Kier molecular flexibility index (Phi) is 10.4. The Morgan fingerprint density at radius 3 is 2.46 bits per heavy atom. The van der Waals surface area contributed by atoms with Gasteiger partial charge in [-0.15, -0.1) is 0 Å². The van der Waals surface area contributed by atoms with E-state index >= 15 is 0 Å². The number of aliphatic hydroxyl groups excluding tert-OH is 2. The van der Waals surface area contributed by atoms with Crippen molar-refractivity contribution in [3.05, 3.63) is 35.2 Å². The van der Waals surface area contributed by atoms with Crippen LogP contribution in [0.1, 0.15) is 97.2 Å². The summed E-state index contributed by atoms with van der Waals surface area (Å²) in [6, 6.07) is 3.68. The van der Waals surface area contributed by atoms with Crippen molar-refractivity contribution in [2.45, 2.75) is 105 Å². The van der Waals surface area contributed by atoms with Gasteiger partial charge < -0.3 is 5.11 Å². The van der Waals surface area contributed by atoms with E-state index in [4.69, 9.17) is 4.74 Å². The second-order valence-electron chi connectivity index (χ2n) is 12.1. The van der Waals surface area contributed by atoms with E-state index in [1.807, 2.05) is 32.1 Å². The minimum atomic E-state index is -1.10. The molecule has 0 bridgehead atoms. The van der Waals surface area contributed by atoms with E-state index in [0.29, 0.717) is 37.0 Å². The van der Waals surface area contributed by atoms with Gasteiger partial charge in [0, 0.05) is 6.20 Å². The van der Waals surface area contributed by atoms with Crippen molar-refractivity contribution in [1.82, 2.24) is 4.98 Å². The van der Waals surface area contributed by atoms with Crippen molar-refractivity contribution in [2.75, 3.05) is 0 Å². The standard InChI is InChI=1S/C30H43NO5.Hg/c1-20-7-6-11-30(13-14-30)12-10-25(21(2)16-24-9-8-23(19-32)18-31-24)36-27(34)17-26(33)29(4,5)28(35)22(3)15-20;/h8-9,16,18,20,22,25-26,32-33H,6-7,10-14,17,19H2,1-5H3;/b21-16+;/t20-,22+,25-,26-;/m0./s1. The van der Waals surface area contributed by atoms with Gasteiger partial charge in [-0.3, -0.25) is 4.98 Å². The first-order valence-corrected chi connectivity index (χ1v) is 16.5. The van der Waals surface area contributed by atoms with Crippen LogP contribution in [0.2, 0.25) is 0 Å². The Morgan fingerprint density at radius 1 is 1.16 bits per heavy atom. The number of carbonyl (C=O) groups excluding carboxylic acids is 2. The van der Waals surface area contributed by atoms with Crippen molar-refractivity contribution in [3.63, 3.8) is 0 Å². The molecule has 4 atom stereocenters. The molecule has 3 rings (SSSR count). The van der Waals surface area contributed by atoms with Crippen LogP contribution in [0.25, 0.3) is 6.08 Å². The fraction of sp³-hybridized carbons (Fsp3) is 0.667. The fourth-order valence-corrected chi connectivity index (χ4v) is 6.98. The van der Waals surface area contributed by atoms with Crippen LogP contribution in [0.3, 0.4) is 0 Å². The zero-order valence-corrected chi connectivity index (χ0v) is 28.8. The molecule has 1 aliphatic carbocycles. The summed E-state index contributed by atoms with van der Waals surface area (Å²) in [4.78, 5) is 30.9. The Morgan fingerprint density at radius 2 is 1.86 bits per heavy atom. The van der Waals surface area contributed by atoms with Gasteiger partial charge in [0.2, 0.25) is 0 Å². The van der Waals surface area contributed by atoms with E-state index in [1.165, 1.54) is 22.3 Å². The first-order valence-electron chi connectivity index (χ1n) is 13.7. The quantitative estimate of drug-likeness (QED) is 0.342. The van der Waals surface area contributed by atoms with Gasteiger partial charge in [-0.1, -0.05) is 6.07 Å². The van der Waals surface area contributed by atoms with Gasteiger partial charge in [-0.25, -0.2) is 0 Å². The van der Waals surface area contributed by atoms with Crippen molar-refractivity contribution >= 4 is 20.8 Å². The Bertz CT molecular complexity index is 1010. The number of hydrogen-bond donors (Lipinski definition) is 2. The maximum atomic E-state index is 13.4. The molecule has 1 saturated heterocycles. The molecule has 2 fully saturated rings. The number of Topliss-reactive ketones (excluding diaryl/α,β-unsaturated/α-hetero) is 1. The Labute approximate surface area is 237 Å². The molecule has 1 aromatic heterocycles. The van der Waals surface area contributed by atoms with Crippen molar-refractivity contribution < 1.29 is 50.2 Å². The van der Waals surface area contributed by atoms with Gasteiger partial charge in [0.05, 0.1) is 6.61 Å². The van der Waals surface area contributed by atoms with E-state index in [2.05, 4.69) is 11.9 Å². The molecule has 7 heteroatoms. The summed E-state index contributed by atoms with van der Waals surface area (Å²) in [6.45, 7) is 9.62.